The summed E-state index contributed by atoms with van der Waals surface area (Å²) in [6.45, 7) is 10.1. The minimum Gasteiger partial charge on any atom is -0.444 e. The van der Waals surface area contributed by atoms with Gasteiger partial charge >= 0.3 is 6.09 Å². The summed E-state index contributed by atoms with van der Waals surface area (Å²) in [5, 5.41) is 3.61. The molecule has 1 aliphatic heterocycles. The van der Waals surface area contributed by atoms with Gasteiger partial charge < -0.3 is 10.1 Å². The first-order valence-corrected chi connectivity index (χ1v) is 8.59. The Balaban J connectivity index is 2.64. The molecule has 0 saturated heterocycles. The predicted octanol–water partition coefficient (Wildman–Crippen LogP) is 4.85. The Kier molecular flexibility index (Phi) is 7.00. The Morgan fingerprint density at radius 3 is 2.55 bits per heavy atom. The molecule has 0 atom stereocenters. The van der Waals surface area contributed by atoms with E-state index in [0.29, 0.717) is 6.54 Å². The van der Waals surface area contributed by atoms with Crippen molar-refractivity contribution >= 4 is 35.2 Å². The Hall–Kier alpha value is -0.940. The molecule has 0 fully saturated rings. The van der Waals surface area contributed by atoms with Gasteiger partial charge in [0.25, 0.3) is 0 Å². The molecule has 124 valence electrons. The van der Waals surface area contributed by atoms with Crippen LogP contribution >= 0.6 is 23.4 Å². The summed E-state index contributed by atoms with van der Waals surface area (Å²) >= 11 is 7.95. The van der Waals surface area contributed by atoms with Gasteiger partial charge in [-0.2, -0.15) is 0 Å². The zero-order chi connectivity index (χ0) is 16.9. The van der Waals surface area contributed by atoms with Crippen LogP contribution in [0.25, 0.3) is 0 Å². The molecule has 1 rings (SSSR count). The van der Waals surface area contributed by atoms with Crippen LogP contribution in [0.5, 0.6) is 0 Å². The zero-order valence-electron chi connectivity index (χ0n) is 14.2. The van der Waals surface area contributed by atoms with Crippen molar-refractivity contribution in [2.24, 2.45) is 4.99 Å². The number of hydrogen-bond donors (Lipinski definition) is 1. The van der Waals surface area contributed by atoms with Gasteiger partial charge in [0.05, 0.1) is 10.6 Å². The molecule has 6 heteroatoms. The van der Waals surface area contributed by atoms with Gasteiger partial charge in [0.2, 0.25) is 0 Å². The number of thioether (sulfide) groups is 1. The molecule has 0 saturated carbocycles. The number of carbonyl (C=O) groups is 1. The lowest BCUT2D eigenvalue weighted by atomic mass is 10.1. The Bertz CT molecular complexity index is 531. The number of alkyl carbamates (subject to hydrolysis) is 1. The molecule has 1 aliphatic rings. The number of nitrogens with zero attached hydrogens (tertiary/aromatic N) is 1. The number of ether oxygens (including phenoxy) is 1. The Labute approximate surface area is 142 Å². The maximum atomic E-state index is 11.6. The number of aliphatic imine (C=N–C) groups is 1. The van der Waals surface area contributed by atoms with Gasteiger partial charge in [-0.25, -0.2) is 4.79 Å². The Morgan fingerprint density at radius 1 is 1.41 bits per heavy atom. The Morgan fingerprint density at radius 2 is 2.05 bits per heavy atom. The van der Waals surface area contributed by atoms with E-state index in [1.54, 1.807) is 18.8 Å². The van der Waals surface area contributed by atoms with Gasteiger partial charge in [-0.3, -0.25) is 4.99 Å². The minimum absolute atomic E-state index is 0.388. The normalized spacial score (nSPS) is 19.7. The molecule has 0 aliphatic carbocycles. The van der Waals surface area contributed by atoms with E-state index in [2.05, 4.69) is 10.3 Å². The summed E-state index contributed by atoms with van der Waals surface area (Å²) in [4.78, 5) is 18.2. The third-order valence-corrected chi connectivity index (χ3v) is 4.98. The molecule has 1 heterocycles. The summed E-state index contributed by atoms with van der Waals surface area (Å²) in [5.41, 5.74) is 1.62. The highest BCUT2D eigenvalue weighted by Gasteiger charge is 2.25. The number of nitrogens with one attached hydrogen (secondary N) is 1. The van der Waals surface area contributed by atoms with Crippen molar-refractivity contribution in [3.63, 3.8) is 0 Å². The van der Waals surface area contributed by atoms with E-state index in [1.165, 1.54) is 4.91 Å². The average Bonchev–Trinajstić information content (AvgIpc) is 2.72. The van der Waals surface area contributed by atoms with Crippen LogP contribution in [0, 0.1) is 0 Å². The standard InChI is InChI=1S/C16H25ClN2O2S/c1-7-11(17)14-13(18-6)10(2)12(22-14)8-9-19-15(20)21-16(3,4)5/h7-9H2,1-6H3,(H,19,20)/b14-11-,18-13-. The molecule has 0 unspecified atom stereocenters. The molecule has 1 N–H and O–H groups in total. The van der Waals surface area contributed by atoms with Crippen LogP contribution < -0.4 is 5.32 Å². The van der Waals surface area contributed by atoms with Crippen molar-refractivity contribution in [2.75, 3.05) is 13.6 Å². The fourth-order valence-electron chi connectivity index (χ4n) is 1.99. The highest BCUT2D eigenvalue weighted by atomic mass is 35.5. The third-order valence-electron chi connectivity index (χ3n) is 3.01. The van der Waals surface area contributed by atoms with Crippen molar-refractivity contribution in [3.05, 3.63) is 20.4 Å². The fraction of sp³-hybridized carbons (Fsp3) is 0.625. The second-order valence-electron chi connectivity index (χ2n) is 5.99. The molecule has 0 bridgehead atoms. The zero-order valence-corrected chi connectivity index (χ0v) is 15.7. The largest absolute Gasteiger partial charge is 0.444 e. The summed E-state index contributed by atoms with van der Waals surface area (Å²) in [7, 11) is 1.78. The van der Waals surface area contributed by atoms with Crippen LogP contribution in [0.1, 0.15) is 47.5 Å². The second kappa shape index (κ2) is 8.06. The van der Waals surface area contributed by atoms with Crippen molar-refractivity contribution in [2.45, 2.75) is 53.1 Å². The number of halogens is 1. The van der Waals surface area contributed by atoms with Gasteiger partial charge in [0.1, 0.15) is 5.60 Å². The highest BCUT2D eigenvalue weighted by Crippen LogP contribution is 2.43. The first kappa shape index (κ1) is 19.1. The first-order valence-electron chi connectivity index (χ1n) is 7.40. The summed E-state index contributed by atoms with van der Waals surface area (Å²) in [6, 6.07) is 0. The lowest BCUT2D eigenvalue weighted by molar-refractivity contribution is 0.0529. The van der Waals surface area contributed by atoms with E-state index in [-0.39, 0.29) is 6.09 Å². The molecule has 1 amide bonds. The number of allylic oxidation sites excluding steroid dienone is 3. The lowest BCUT2D eigenvalue weighted by Gasteiger charge is -2.19. The molecule has 0 radical (unpaired) electrons. The van der Waals surface area contributed by atoms with Gasteiger partial charge in [-0.05, 0) is 51.0 Å². The van der Waals surface area contributed by atoms with Crippen LogP contribution in [-0.4, -0.2) is 31.0 Å². The summed E-state index contributed by atoms with van der Waals surface area (Å²) < 4.78 is 5.22. The average molecular weight is 345 g/mol. The monoisotopic (exact) mass is 344 g/mol. The van der Waals surface area contributed by atoms with Gasteiger partial charge in [-0.1, -0.05) is 30.3 Å². The molecule has 22 heavy (non-hydrogen) atoms. The van der Waals surface area contributed by atoms with Crippen molar-refractivity contribution in [1.29, 1.82) is 0 Å². The molecule has 0 aromatic carbocycles. The second-order valence-corrected chi connectivity index (χ2v) is 7.55. The summed E-state index contributed by atoms with van der Waals surface area (Å²) in [6.07, 6.45) is 1.15. The molecule has 4 nitrogen and oxygen atoms in total. The maximum absolute atomic E-state index is 11.6. The molecule has 0 aromatic heterocycles. The first-order chi connectivity index (χ1) is 10.2. The molecule has 0 aromatic rings. The number of rotatable bonds is 4. The van der Waals surface area contributed by atoms with E-state index < -0.39 is 5.60 Å². The predicted molar refractivity (Wildman–Crippen MR) is 95.7 cm³/mol. The van der Waals surface area contributed by atoms with Crippen LogP contribution in [0.15, 0.2) is 25.4 Å². The lowest BCUT2D eigenvalue weighted by Crippen LogP contribution is -2.33. The molecular formula is C16H25ClN2O2S. The highest BCUT2D eigenvalue weighted by molar-refractivity contribution is 8.08. The van der Waals surface area contributed by atoms with E-state index in [1.807, 2.05) is 34.6 Å². The number of amides is 1. The number of hydrogen-bond acceptors (Lipinski definition) is 4. The van der Waals surface area contributed by atoms with E-state index >= 15 is 0 Å². The molecule has 0 spiro atoms. The van der Waals surface area contributed by atoms with Gasteiger partial charge in [-0.15, -0.1) is 0 Å². The SMILES string of the molecule is CC/C(Cl)=C1/SC(CCNC(=O)OC(C)(C)C)=C(C)/C1=N/C. The van der Waals surface area contributed by atoms with Crippen molar-refractivity contribution in [3.8, 4) is 0 Å². The summed E-state index contributed by atoms with van der Waals surface area (Å²) in [5.74, 6) is 0. The van der Waals surface area contributed by atoms with Gasteiger partial charge in [0, 0.05) is 18.6 Å². The van der Waals surface area contributed by atoms with Crippen LogP contribution in [0.3, 0.4) is 0 Å². The van der Waals surface area contributed by atoms with E-state index in [9.17, 15) is 4.79 Å². The van der Waals surface area contributed by atoms with Crippen molar-refractivity contribution < 1.29 is 9.53 Å². The quantitative estimate of drug-likeness (QED) is 0.792. The van der Waals surface area contributed by atoms with E-state index in [0.717, 1.165) is 34.1 Å². The fourth-order valence-corrected chi connectivity index (χ4v) is 3.50. The van der Waals surface area contributed by atoms with Crippen LogP contribution in [-0.2, 0) is 4.74 Å². The number of carbonyl (C=O) groups excluding carboxylic acids is 1. The molecular weight excluding hydrogens is 320 g/mol. The topological polar surface area (TPSA) is 50.7 Å². The van der Waals surface area contributed by atoms with Crippen molar-refractivity contribution in [1.82, 2.24) is 5.32 Å². The van der Waals surface area contributed by atoms with Gasteiger partial charge in [0.15, 0.2) is 0 Å². The minimum atomic E-state index is -0.478. The van der Waals surface area contributed by atoms with E-state index in [4.69, 9.17) is 16.3 Å². The smallest absolute Gasteiger partial charge is 0.407 e. The van der Waals surface area contributed by atoms with Crippen LogP contribution in [0.4, 0.5) is 4.79 Å². The maximum Gasteiger partial charge on any atom is 0.407 e. The van der Waals surface area contributed by atoms with Crippen LogP contribution in [0.2, 0.25) is 0 Å². The third kappa shape index (κ3) is 5.36.